The summed E-state index contributed by atoms with van der Waals surface area (Å²) in [6.07, 6.45) is 2.92. The summed E-state index contributed by atoms with van der Waals surface area (Å²) in [4.78, 5) is 15.9. The van der Waals surface area contributed by atoms with Crippen molar-refractivity contribution in [1.82, 2.24) is 10.1 Å². The molecule has 0 saturated heterocycles. The number of hydrogen-bond donors (Lipinski definition) is 1. The number of benzene rings is 1. The highest BCUT2D eigenvalue weighted by atomic mass is 35.5. The van der Waals surface area contributed by atoms with Crippen molar-refractivity contribution in [2.75, 3.05) is 5.32 Å². The highest BCUT2D eigenvalue weighted by Gasteiger charge is 2.28. The average molecular weight is 306 g/mol. The van der Waals surface area contributed by atoms with Crippen LogP contribution in [0.1, 0.15) is 43.0 Å². The first-order chi connectivity index (χ1) is 10.1. The number of amides is 1. The zero-order chi connectivity index (χ0) is 14.8. The monoisotopic (exact) mass is 305 g/mol. The number of halogens is 1. The second-order valence-corrected chi connectivity index (χ2v) is 5.95. The summed E-state index contributed by atoms with van der Waals surface area (Å²) < 4.78 is 5.25. The summed E-state index contributed by atoms with van der Waals surface area (Å²) in [7, 11) is 0. The van der Waals surface area contributed by atoms with Gasteiger partial charge in [-0.15, -0.1) is 11.6 Å². The van der Waals surface area contributed by atoms with Gasteiger partial charge in [0.25, 0.3) is 0 Å². The molecule has 1 N–H and O–H groups in total. The molecule has 5 nitrogen and oxygen atoms in total. The number of nitrogens with one attached hydrogen (secondary N) is 1. The number of rotatable bonds is 5. The van der Waals surface area contributed by atoms with E-state index >= 15 is 0 Å². The Balaban J connectivity index is 1.62. The maximum absolute atomic E-state index is 11.5. The summed E-state index contributed by atoms with van der Waals surface area (Å²) in [5.74, 6) is 1.74. The normalized spacial score (nSPS) is 15.7. The quantitative estimate of drug-likeness (QED) is 0.862. The van der Waals surface area contributed by atoms with Crippen LogP contribution < -0.4 is 5.32 Å². The van der Waals surface area contributed by atoms with E-state index in [2.05, 4.69) is 15.5 Å². The lowest BCUT2D eigenvalue weighted by Gasteiger charge is -2.06. The Morgan fingerprint density at radius 3 is 2.76 bits per heavy atom. The highest BCUT2D eigenvalue weighted by Crippen LogP contribution is 2.38. The van der Waals surface area contributed by atoms with Crippen molar-refractivity contribution >= 4 is 23.2 Å². The van der Waals surface area contributed by atoms with Gasteiger partial charge >= 0.3 is 0 Å². The summed E-state index contributed by atoms with van der Waals surface area (Å²) in [5, 5.41) is 6.18. The van der Waals surface area contributed by atoms with Crippen molar-refractivity contribution in [3.8, 4) is 0 Å². The van der Waals surface area contributed by atoms with Crippen LogP contribution in [0.4, 0.5) is 5.69 Å². The molecule has 3 rings (SSSR count). The fourth-order valence-electron chi connectivity index (χ4n) is 1.97. The van der Waals surface area contributed by atoms with Crippen LogP contribution in [0, 0.1) is 0 Å². The maximum Gasteiger partial charge on any atom is 0.242 e. The first kappa shape index (κ1) is 14.1. The molecule has 1 aromatic heterocycles. The smallest absolute Gasteiger partial charge is 0.242 e. The largest absolute Gasteiger partial charge is 0.339 e. The number of carbonyl (C=O) groups excluding carboxylic acids is 1. The van der Waals surface area contributed by atoms with E-state index in [9.17, 15) is 4.79 Å². The van der Waals surface area contributed by atoms with E-state index in [1.807, 2.05) is 24.3 Å². The molecule has 0 radical (unpaired) electrons. The fourth-order valence-corrected chi connectivity index (χ4v) is 2.02. The van der Waals surface area contributed by atoms with E-state index in [4.69, 9.17) is 16.1 Å². The molecule has 21 heavy (non-hydrogen) atoms. The van der Waals surface area contributed by atoms with Gasteiger partial charge in [0, 0.05) is 11.6 Å². The third-order valence-corrected chi connectivity index (χ3v) is 3.56. The van der Waals surface area contributed by atoms with Gasteiger partial charge in [-0.2, -0.15) is 4.98 Å². The average Bonchev–Trinajstić information content (AvgIpc) is 3.21. The molecule has 110 valence electrons. The number of nitrogens with zero attached hydrogens (tertiary/aromatic N) is 2. The Kier molecular flexibility index (Phi) is 3.92. The highest BCUT2D eigenvalue weighted by molar-refractivity contribution is 6.32. The molecule has 0 aliphatic heterocycles. The minimum Gasteiger partial charge on any atom is -0.339 e. The summed E-state index contributed by atoms with van der Waals surface area (Å²) in [5.41, 5.74) is 1.78. The van der Waals surface area contributed by atoms with E-state index in [-0.39, 0.29) is 5.91 Å². The van der Waals surface area contributed by atoms with Crippen molar-refractivity contribution in [1.29, 1.82) is 0 Å². The second-order valence-electron chi connectivity index (χ2n) is 5.30. The van der Waals surface area contributed by atoms with E-state index in [1.54, 1.807) is 6.92 Å². The van der Waals surface area contributed by atoms with E-state index < -0.39 is 5.38 Å². The van der Waals surface area contributed by atoms with Crippen molar-refractivity contribution in [3.63, 3.8) is 0 Å². The van der Waals surface area contributed by atoms with Crippen LogP contribution in [0.3, 0.4) is 0 Å². The second kappa shape index (κ2) is 5.85. The molecule has 1 aromatic carbocycles. The number of alkyl halides is 1. The third-order valence-electron chi connectivity index (χ3n) is 3.36. The van der Waals surface area contributed by atoms with Gasteiger partial charge in [0.15, 0.2) is 5.82 Å². The molecule has 0 spiro atoms. The molecule has 0 bridgehead atoms. The minimum atomic E-state index is -0.552. The van der Waals surface area contributed by atoms with Gasteiger partial charge < -0.3 is 9.84 Å². The van der Waals surface area contributed by atoms with E-state index in [1.165, 1.54) is 0 Å². The Bertz CT molecular complexity index is 633. The molecule has 1 saturated carbocycles. The first-order valence-corrected chi connectivity index (χ1v) is 7.42. The lowest BCUT2D eigenvalue weighted by Crippen LogP contribution is -2.20. The summed E-state index contributed by atoms with van der Waals surface area (Å²) in [6.45, 7) is 1.64. The Hall–Kier alpha value is -1.88. The van der Waals surface area contributed by atoms with Crippen LogP contribution in [0.5, 0.6) is 0 Å². The van der Waals surface area contributed by atoms with Crippen LogP contribution in [0.2, 0.25) is 0 Å². The zero-order valence-corrected chi connectivity index (χ0v) is 12.4. The van der Waals surface area contributed by atoms with Crippen LogP contribution >= 0.6 is 11.6 Å². The topological polar surface area (TPSA) is 68.0 Å². The SMILES string of the molecule is CC(Cl)C(=O)Nc1ccc(Cc2nc(C3CC3)no2)cc1. The van der Waals surface area contributed by atoms with Gasteiger partial charge in [0.2, 0.25) is 11.8 Å². The molecule has 2 aromatic rings. The van der Waals surface area contributed by atoms with Crippen LogP contribution in [-0.2, 0) is 11.2 Å². The molecule has 1 aliphatic rings. The molecule has 1 atom stereocenters. The molecule has 1 heterocycles. The molecule has 6 heteroatoms. The lowest BCUT2D eigenvalue weighted by molar-refractivity contribution is -0.115. The summed E-state index contributed by atoms with van der Waals surface area (Å²) >= 11 is 5.71. The van der Waals surface area contributed by atoms with Crippen molar-refractivity contribution < 1.29 is 9.32 Å². The van der Waals surface area contributed by atoms with Gasteiger partial charge in [-0.3, -0.25) is 4.79 Å². The number of aromatic nitrogens is 2. The van der Waals surface area contributed by atoms with Crippen LogP contribution in [-0.4, -0.2) is 21.4 Å². The molecule has 1 amide bonds. The number of hydrogen-bond acceptors (Lipinski definition) is 4. The predicted octanol–water partition coefficient (Wildman–Crippen LogP) is 3.10. The van der Waals surface area contributed by atoms with Gasteiger partial charge in [-0.1, -0.05) is 17.3 Å². The van der Waals surface area contributed by atoms with Crippen molar-refractivity contribution in [3.05, 3.63) is 41.5 Å². The van der Waals surface area contributed by atoms with Crippen molar-refractivity contribution in [2.24, 2.45) is 0 Å². The number of carbonyl (C=O) groups is 1. The van der Waals surface area contributed by atoms with Gasteiger partial charge in [-0.25, -0.2) is 0 Å². The third kappa shape index (κ3) is 3.61. The van der Waals surface area contributed by atoms with Crippen molar-refractivity contribution in [2.45, 2.75) is 37.5 Å². The molecule has 1 unspecified atom stereocenters. The van der Waals surface area contributed by atoms with Gasteiger partial charge in [0.1, 0.15) is 5.38 Å². The Morgan fingerprint density at radius 1 is 1.43 bits per heavy atom. The van der Waals surface area contributed by atoms with Gasteiger partial charge in [0.05, 0.1) is 6.42 Å². The molecular weight excluding hydrogens is 290 g/mol. The molecular formula is C15H16ClN3O2. The number of anilines is 1. The van der Waals surface area contributed by atoms with Crippen LogP contribution in [0.25, 0.3) is 0 Å². The molecule has 1 fully saturated rings. The lowest BCUT2D eigenvalue weighted by atomic mass is 10.1. The van der Waals surface area contributed by atoms with Gasteiger partial charge in [-0.05, 0) is 37.5 Å². The zero-order valence-electron chi connectivity index (χ0n) is 11.7. The molecule has 1 aliphatic carbocycles. The predicted molar refractivity (Wildman–Crippen MR) is 79.5 cm³/mol. The summed E-state index contributed by atoms with van der Waals surface area (Å²) in [6, 6.07) is 7.53. The minimum absolute atomic E-state index is 0.213. The van der Waals surface area contributed by atoms with E-state index in [0.29, 0.717) is 18.2 Å². The fraction of sp³-hybridized carbons (Fsp3) is 0.400. The first-order valence-electron chi connectivity index (χ1n) is 6.98. The Morgan fingerprint density at radius 2 is 2.14 bits per heavy atom. The van der Waals surface area contributed by atoms with E-state index in [0.717, 1.165) is 29.9 Å². The van der Waals surface area contributed by atoms with Crippen LogP contribution in [0.15, 0.2) is 28.8 Å². The maximum atomic E-state index is 11.5. The standard InChI is InChI=1S/C15H16ClN3O2/c1-9(16)15(20)17-12-6-2-10(3-7-12)8-13-18-14(19-21-13)11-4-5-11/h2-3,6-7,9,11H,4-5,8H2,1H3,(H,17,20). The Labute approximate surface area is 127 Å².